The minimum absolute atomic E-state index is 0.0202. The summed E-state index contributed by atoms with van der Waals surface area (Å²) in [5.41, 5.74) is 0. The highest BCUT2D eigenvalue weighted by atomic mass is 16.7. The Bertz CT molecular complexity index is 435. The normalized spacial score (nSPS) is 14.7. The van der Waals surface area contributed by atoms with Gasteiger partial charge in [0.05, 0.1) is 11.8 Å². The van der Waals surface area contributed by atoms with Gasteiger partial charge in [-0.1, -0.05) is 41.0 Å². The van der Waals surface area contributed by atoms with Gasteiger partial charge in [-0.2, -0.15) is 0 Å². The lowest BCUT2D eigenvalue weighted by molar-refractivity contribution is -0.168. The number of carbonyl (C=O) groups excluding carboxylic acids is 2. The Morgan fingerprint density at radius 2 is 1.60 bits per heavy atom. The average molecular weight is 359 g/mol. The Hall–Kier alpha value is -1.79. The summed E-state index contributed by atoms with van der Waals surface area (Å²) >= 11 is 0. The van der Waals surface area contributed by atoms with Gasteiger partial charge in [0.2, 0.25) is 6.29 Å². The first-order valence-corrected chi connectivity index (χ1v) is 8.94. The zero-order valence-electron chi connectivity index (χ0n) is 16.2. The molecule has 1 amide bonds. The number of amides is 1. The van der Waals surface area contributed by atoms with Gasteiger partial charge in [-0.3, -0.25) is 9.59 Å². The topological polar surface area (TPSA) is 102 Å². The molecule has 0 aromatic rings. The van der Waals surface area contributed by atoms with Crippen molar-refractivity contribution in [1.82, 2.24) is 5.32 Å². The molecule has 0 aliphatic carbocycles. The lowest BCUT2D eigenvalue weighted by Crippen LogP contribution is -2.36. The Morgan fingerprint density at radius 1 is 1.00 bits per heavy atom. The van der Waals surface area contributed by atoms with Crippen LogP contribution in [0.15, 0.2) is 0 Å². The number of carboxylic acid groups (broad SMARTS) is 1. The third kappa shape index (κ3) is 10.6. The number of carbonyl (C=O) groups is 3. The average Bonchev–Trinajstić information content (AvgIpc) is 2.48. The van der Waals surface area contributed by atoms with E-state index in [1.807, 2.05) is 6.92 Å². The molecule has 3 atom stereocenters. The number of alkyl carbamates (subject to hydrolysis) is 1. The second-order valence-corrected chi connectivity index (χ2v) is 7.12. The van der Waals surface area contributed by atoms with Gasteiger partial charge >= 0.3 is 18.0 Å². The first kappa shape index (κ1) is 23.2. The van der Waals surface area contributed by atoms with E-state index >= 15 is 0 Å². The van der Waals surface area contributed by atoms with Crippen molar-refractivity contribution in [1.29, 1.82) is 0 Å². The monoisotopic (exact) mass is 359 g/mol. The standard InChI is InChI=1S/C18H33NO6/c1-7-14(8-11(2)3)9-15(16(20)21)10-19-18(23)25-13(6)24-17(22)12(4)5/h11-15H,7-10H2,1-6H3,(H,19,23)(H,20,21)/t13-,14-,15+/m0/s1. The van der Waals surface area contributed by atoms with Crippen LogP contribution in [0.5, 0.6) is 0 Å². The molecule has 25 heavy (non-hydrogen) atoms. The Balaban J connectivity index is 4.43. The summed E-state index contributed by atoms with van der Waals surface area (Å²) in [7, 11) is 0. The van der Waals surface area contributed by atoms with E-state index in [9.17, 15) is 19.5 Å². The van der Waals surface area contributed by atoms with Gasteiger partial charge in [0.25, 0.3) is 0 Å². The van der Waals surface area contributed by atoms with Gasteiger partial charge in [-0.15, -0.1) is 0 Å². The van der Waals surface area contributed by atoms with E-state index in [0.717, 1.165) is 12.8 Å². The summed E-state index contributed by atoms with van der Waals surface area (Å²) < 4.78 is 9.84. The van der Waals surface area contributed by atoms with Gasteiger partial charge in [0.1, 0.15) is 0 Å². The fraction of sp³-hybridized carbons (Fsp3) is 0.833. The molecular formula is C18H33NO6. The van der Waals surface area contributed by atoms with E-state index in [0.29, 0.717) is 18.3 Å². The zero-order chi connectivity index (χ0) is 19.6. The number of hydrogen-bond donors (Lipinski definition) is 2. The van der Waals surface area contributed by atoms with E-state index in [1.165, 1.54) is 6.92 Å². The quantitative estimate of drug-likeness (QED) is 0.433. The van der Waals surface area contributed by atoms with E-state index in [-0.39, 0.29) is 12.5 Å². The highest BCUT2D eigenvalue weighted by Gasteiger charge is 2.24. The van der Waals surface area contributed by atoms with Gasteiger partial charge in [0.15, 0.2) is 0 Å². The van der Waals surface area contributed by atoms with Crippen molar-refractivity contribution < 1.29 is 29.0 Å². The fourth-order valence-corrected chi connectivity index (χ4v) is 2.49. The predicted molar refractivity (Wildman–Crippen MR) is 93.9 cm³/mol. The fourth-order valence-electron chi connectivity index (χ4n) is 2.49. The van der Waals surface area contributed by atoms with Crippen LogP contribution < -0.4 is 5.32 Å². The van der Waals surface area contributed by atoms with Gasteiger partial charge in [-0.05, 0) is 24.7 Å². The van der Waals surface area contributed by atoms with Gasteiger partial charge < -0.3 is 19.9 Å². The van der Waals surface area contributed by atoms with Crippen LogP contribution >= 0.6 is 0 Å². The molecule has 0 radical (unpaired) electrons. The number of nitrogens with one attached hydrogen (secondary N) is 1. The van der Waals surface area contributed by atoms with E-state index in [4.69, 9.17) is 9.47 Å². The van der Waals surface area contributed by atoms with E-state index in [2.05, 4.69) is 19.2 Å². The Morgan fingerprint density at radius 3 is 2.04 bits per heavy atom. The van der Waals surface area contributed by atoms with Crippen LogP contribution in [0.1, 0.15) is 60.8 Å². The zero-order valence-corrected chi connectivity index (χ0v) is 16.2. The first-order valence-electron chi connectivity index (χ1n) is 8.94. The molecular weight excluding hydrogens is 326 g/mol. The molecule has 0 aromatic carbocycles. The van der Waals surface area contributed by atoms with E-state index in [1.54, 1.807) is 13.8 Å². The van der Waals surface area contributed by atoms with Crippen molar-refractivity contribution in [2.45, 2.75) is 67.1 Å². The van der Waals surface area contributed by atoms with Crippen LogP contribution in [0, 0.1) is 23.7 Å². The maximum Gasteiger partial charge on any atom is 0.410 e. The highest BCUT2D eigenvalue weighted by molar-refractivity contribution is 5.73. The largest absolute Gasteiger partial charge is 0.481 e. The molecule has 0 saturated heterocycles. The molecule has 7 heteroatoms. The minimum Gasteiger partial charge on any atom is -0.481 e. The summed E-state index contributed by atoms with van der Waals surface area (Å²) in [6, 6.07) is 0. The molecule has 0 aromatic heterocycles. The molecule has 0 saturated carbocycles. The van der Waals surface area contributed by atoms with Crippen LogP contribution in [0.2, 0.25) is 0 Å². The first-order chi connectivity index (χ1) is 11.6. The van der Waals surface area contributed by atoms with Crippen molar-refractivity contribution in [3.63, 3.8) is 0 Å². The number of aliphatic carboxylic acids is 1. The number of hydrogen-bond acceptors (Lipinski definition) is 5. The third-order valence-corrected chi connectivity index (χ3v) is 3.87. The van der Waals surface area contributed by atoms with Crippen molar-refractivity contribution in [2.75, 3.05) is 6.54 Å². The maximum atomic E-state index is 11.7. The number of ether oxygens (including phenoxy) is 2. The second-order valence-electron chi connectivity index (χ2n) is 7.12. The molecule has 0 aliphatic rings. The van der Waals surface area contributed by atoms with Crippen molar-refractivity contribution in [3.05, 3.63) is 0 Å². The second kappa shape index (κ2) is 11.7. The molecule has 0 aliphatic heterocycles. The molecule has 2 N–H and O–H groups in total. The van der Waals surface area contributed by atoms with Crippen LogP contribution in [0.3, 0.4) is 0 Å². The molecule has 0 fully saturated rings. The van der Waals surface area contributed by atoms with Crippen LogP contribution in [0.4, 0.5) is 4.79 Å². The molecule has 0 rings (SSSR count). The van der Waals surface area contributed by atoms with Gasteiger partial charge in [-0.25, -0.2) is 4.79 Å². The molecule has 146 valence electrons. The van der Waals surface area contributed by atoms with Crippen LogP contribution in [-0.4, -0.2) is 36.0 Å². The molecule has 0 bridgehead atoms. The summed E-state index contributed by atoms with van der Waals surface area (Å²) in [5, 5.41) is 11.8. The minimum atomic E-state index is -1.03. The maximum absolute atomic E-state index is 11.7. The molecule has 7 nitrogen and oxygen atoms in total. The Kier molecular flexibility index (Phi) is 10.9. The summed E-state index contributed by atoms with van der Waals surface area (Å²) in [6.45, 7) is 11.0. The number of rotatable bonds is 11. The molecule has 0 spiro atoms. The highest BCUT2D eigenvalue weighted by Crippen LogP contribution is 2.23. The van der Waals surface area contributed by atoms with Crippen LogP contribution in [0.25, 0.3) is 0 Å². The van der Waals surface area contributed by atoms with Crippen molar-refractivity contribution in [3.8, 4) is 0 Å². The number of esters is 1. The SMILES string of the molecule is CC[C@@H](CC(C)C)C[C@H](CNC(=O)O[C@@H](C)OC(=O)C(C)C)C(=O)O. The molecule has 0 heterocycles. The Labute approximate surface area is 150 Å². The summed E-state index contributed by atoms with van der Waals surface area (Å²) in [5.74, 6) is -1.62. The lowest BCUT2D eigenvalue weighted by Gasteiger charge is -2.22. The predicted octanol–water partition coefficient (Wildman–Crippen LogP) is 3.42. The third-order valence-electron chi connectivity index (χ3n) is 3.87. The van der Waals surface area contributed by atoms with Crippen molar-refractivity contribution >= 4 is 18.0 Å². The van der Waals surface area contributed by atoms with Crippen LogP contribution in [-0.2, 0) is 19.1 Å². The van der Waals surface area contributed by atoms with Crippen molar-refractivity contribution in [2.24, 2.45) is 23.7 Å². The number of carboxylic acids is 1. The summed E-state index contributed by atoms with van der Waals surface area (Å²) in [6.07, 6.45) is 0.527. The summed E-state index contributed by atoms with van der Waals surface area (Å²) in [4.78, 5) is 34.6. The lowest BCUT2D eigenvalue weighted by atomic mass is 9.86. The van der Waals surface area contributed by atoms with E-state index < -0.39 is 30.2 Å². The smallest absolute Gasteiger partial charge is 0.410 e. The van der Waals surface area contributed by atoms with Gasteiger partial charge in [0, 0.05) is 13.5 Å². The molecule has 0 unspecified atom stereocenters.